The van der Waals surface area contributed by atoms with E-state index in [9.17, 15) is 5.11 Å². The standard InChI is InChI=1S/C14H29NO2/c1-3-14(16,4-2)12-17-11-13(15)9-7-5-6-8-10-13/h16H,3-12,15H2,1-2H3. The number of ether oxygens (including phenoxy) is 1. The third-order valence-corrected chi connectivity index (χ3v) is 4.18. The summed E-state index contributed by atoms with van der Waals surface area (Å²) in [6, 6.07) is 0. The highest BCUT2D eigenvalue weighted by atomic mass is 16.5. The van der Waals surface area contributed by atoms with Gasteiger partial charge in [0, 0.05) is 5.54 Å². The smallest absolute Gasteiger partial charge is 0.0874 e. The quantitative estimate of drug-likeness (QED) is 0.705. The van der Waals surface area contributed by atoms with Gasteiger partial charge in [0.25, 0.3) is 0 Å². The summed E-state index contributed by atoms with van der Waals surface area (Å²) < 4.78 is 5.70. The van der Waals surface area contributed by atoms with Crippen LogP contribution in [0.25, 0.3) is 0 Å². The molecule has 3 nitrogen and oxygen atoms in total. The van der Waals surface area contributed by atoms with E-state index in [1.54, 1.807) is 0 Å². The van der Waals surface area contributed by atoms with Crippen LogP contribution in [-0.2, 0) is 4.74 Å². The van der Waals surface area contributed by atoms with Crippen LogP contribution in [0.5, 0.6) is 0 Å². The van der Waals surface area contributed by atoms with E-state index in [1.807, 2.05) is 13.8 Å². The summed E-state index contributed by atoms with van der Waals surface area (Å²) >= 11 is 0. The Labute approximate surface area is 106 Å². The Morgan fingerprint density at radius 1 is 1.12 bits per heavy atom. The van der Waals surface area contributed by atoms with Crippen LogP contribution in [0.2, 0.25) is 0 Å². The van der Waals surface area contributed by atoms with Crippen molar-refractivity contribution in [1.29, 1.82) is 0 Å². The van der Waals surface area contributed by atoms with E-state index in [0.29, 0.717) is 13.2 Å². The van der Waals surface area contributed by atoms with E-state index in [2.05, 4.69) is 0 Å². The molecule has 1 fully saturated rings. The predicted molar refractivity (Wildman–Crippen MR) is 71.0 cm³/mol. The van der Waals surface area contributed by atoms with Gasteiger partial charge in [-0.1, -0.05) is 39.5 Å². The van der Waals surface area contributed by atoms with Crippen LogP contribution in [-0.4, -0.2) is 29.5 Å². The first kappa shape index (κ1) is 14.9. The number of nitrogens with two attached hydrogens (primary N) is 1. The minimum atomic E-state index is -0.666. The first-order valence-corrected chi connectivity index (χ1v) is 7.13. The first-order chi connectivity index (χ1) is 8.04. The van der Waals surface area contributed by atoms with Gasteiger partial charge in [-0.2, -0.15) is 0 Å². The zero-order valence-electron chi connectivity index (χ0n) is 11.5. The summed E-state index contributed by atoms with van der Waals surface area (Å²) in [5, 5.41) is 10.1. The van der Waals surface area contributed by atoms with E-state index in [-0.39, 0.29) is 5.54 Å². The van der Waals surface area contributed by atoms with Gasteiger partial charge in [-0.3, -0.25) is 0 Å². The molecule has 102 valence electrons. The molecule has 0 spiro atoms. The average Bonchev–Trinajstić information content (AvgIpc) is 2.54. The monoisotopic (exact) mass is 243 g/mol. The van der Waals surface area contributed by atoms with Gasteiger partial charge in [0.15, 0.2) is 0 Å². The Morgan fingerprint density at radius 2 is 1.65 bits per heavy atom. The summed E-state index contributed by atoms with van der Waals surface area (Å²) in [6.07, 6.45) is 8.62. The normalized spacial score (nSPS) is 21.2. The summed E-state index contributed by atoms with van der Waals surface area (Å²) in [5.41, 5.74) is 5.55. The second-order valence-corrected chi connectivity index (χ2v) is 5.70. The fraction of sp³-hybridized carbons (Fsp3) is 1.00. The highest BCUT2D eigenvalue weighted by Gasteiger charge is 2.28. The molecule has 3 heteroatoms. The van der Waals surface area contributed by atoms with Crippen molar-refractivity contribution in [1.82, 2.24) is 0 Å². The molecule has 0 atom stereocenters. The van der Waals surface area contributed by atoms with Gasteiger partial charge in [0.2, 0.25) is 0 Å². The molecule has 0 saturated heterocycles. The third-order valence-electron chi connectivity index (χ3n) is 4.18. The lowest BCUT2D eigenvalue weighted by atomic mass is 9.92. The third kappa shape index (κ3) is 4.94. The van der Waals surface area contributed by atoms with E-state index in [0.717, 1.165) is 25.7 Å². The summed E-state index contributed by atoms with van der Waals surface area (Å²) in [7, 11) is 0. The van der Waals surface area contributed by atoms with E-state index < -0.39 is 5.60 Å². The molecule has 0 aromatic rings. The van der Waals surface area contributed by atoms with Gasteiger partial charge in [0.1, 0.15) is 0 Å². The van der Waals surface area contributed by atoms with Crippen molar-refractivity contribution in [3.63, 3.8) is 0 Å². The minimum Gasteiger partial charge on any atom is -0.388 e. The molecule has 0 unspecified atom stereocenters. The number of hydrogen-bond acceptors (Lipinski definition) is 3. The summed E-state index contributed by atoms with van der Waals surface area (Å²) in [6.45, 7) is 5.00. The highest BCUT2D eigenvalue weighted by Crippen LogP contribution is 2.26. The zero-order valence-corrected chi connectivity index (χ0v) is 11.5. The van der Waals surface area contributed by atoms with Crippen molar-refractivity contribution >= 4 is 0 Å². The maximum Gasteiger partial charge on any atom is 0.0874 e. The lowest BCUT2D eigenvalue weighted by Gasteiger charge is -2.31. The van der Waals surface area contributed by atoms with Crippen molar-refractivity contribution in [2.24, 2.45) is 5.73 Å². The van der Waals surface area contributed by atoms with Crippen molar-refractivity contribution in [2.75, 3.05) is 13.2 Å². The Kier molecular flexibility index (Phi) is 5.90. The lowest BCUT2D eigenvalue weighted by Crippen LogP contribution is -2.45. The Hall–Kier alpha value is -0.120. The SMILES string of the molecule is CCC(O)(CC)COCC1(N)CCCCCC1. The average molecular weight is 243 g/mol. The summed E-state index contributed by atoms with van der Waals surface area (Å²) in [4.78, 5) is 0. The molecule has 1 aliphatic carbocycles. The Balaban J connectivity index is 2.33. The zero-order chi connectivity index (χ0) is 12.8. The van der Waals surface area contributed by atoms with Gasteiger partial charge in [0.05, 0.1) is 18.8 Å². The Bertz CT molecular complexity index is 206. The molecule has 1 rings (SSSR count). The predicted octanol–water partition coefficient (Wildman–Crippen LogP) is 2.61. The highest BCUT2D eigenvalue weighted by molar-refractivity contribution is 4.86. The van der Waals surface area contributed by atoms with Crippen molar-refractivity contribution in [3.05, 3.63) is 0 Å². The molecule has 0 aromatic carbocycles. The maximum absolute atomic E-state index is 10.1. The van der Waals surface area contributed by atoms with Gasteiger partial charge < -0.3 is 15.6 Å². The Morgan fingerprint density at radius 3 is 2.12 bits per heavy atom. The van der Waals surface area contributed by atoms with E-state index in [1.165, 1.54) is 25.7 Å². The molecule has 1 aliphatic rings. The van der Waals surface area contributed by atoms with E-state index in [4.69, 9.17) is 10.5 Å². The maximum atomic E-state index is 10.1. The molecule has 17 heavy (non-hydrogen) atoms. The summed E-state index contributed by atoms with van der Waals surface area (Å²) in [5.74, 6) is 0. The molecule has 1 saturated carbocycles. The molecule has 0 aliphatic heterocycles. The van der Waals surface area contributed by atoms with Crippen LogP contribution in [0.1, 0.15) is 65.2 Å². The van der Waals surface area contributed by atoms with Crippen LogP contribution in [0.3, 0.4) is 0 Å². The van der Waals surface area contributed by atoms with Crippen LogP contribution < -0.4 is 5.73 Å². The number of hydrogen-bond donors (Lipinski definition) is 2. The second kappa shape index (κ2) is 6.72. The van der Waals surface area contributed by atoms with Crippen LogP contribution in [0.15, 0.2) is 0 Å². The van der Waals surface area contributed by atoms with Gasteiger partial charge in [-0.05, 0) is 25.7 Å². The second-order valence-electron chi connectivity index (χ2n) is 5.70. The lowest BCUT2D eigenvalue weighted by molar-refractivity contribution is -0.0624. The number of rotatable bonds is 6. The molecular formula is C14H29NO2. The molecule has 0 radical (unpaired) electrons. The van der Waals surface area contributed by atoms with Crippen LogP contribution in [0.4, 0.5) is 0 Å². The molecule has 3 N–H and O–H groups in total. The van der Waals surface area contributed by atoms with Gasteiger partial charge >= 0.3 is 0 Å². The fourth-order valence-electron chi connectivity index (χ4n) is 2.48. The molecular weight excluding hydrogens is 214 g/mol. The number of aliphatic hydroxyl groups is 1. The molecule has 0 heterocycles. The molecule has 0 amide bonds. The first-order valence-electron chi connectivity index (χ1n) is 7.13. The van der Waals surface area contributed by atoms with Crippen molar-refractivity contribution in [2.45, 2.75) is 76.4 Å². The molecule has 0 aromatic heterocycles. The van der Waals surface area contributed by atoms with Crippen molar-refractivity contribution < 1.29 is 9.84 Å². The minimum absolute atomic E-state index is 0.154. The van der Waals surface area contributed by atoms with E-state index >= 15 is 0 Å². The van der Waals surface area contributed by atoms with Crippen molar-refractivity contribution in [3.8, 4) is 0 Å². The molecule has 0 bridgehead atoms. The van der Waals surface area contributed by atoms with Gasteiger partial charge in [-0.25, -0.2) is 0 Å². The fourth-order valence-corrected chi connectivity index (χ4v) is 2.48. The largest absolute Gasteiger partial charge is 0.388 e. The van der Waals surface area contributed by atoms with Crippen LogP contribution >= 0.6 is 0 Å². The topological polar surface area (TPSA) is 55.5 Å². The van der Waals surface area contributed by atoms with Gasteiger partial charge in [-0.15, -0.1) is 0 Å². The van der Waals surface area contributed by atoms with Crippen LogP contribution in [0, 0.1) is 0 Å².